The molecular formula is C36H43N5O3. The van der Waals surface area contributed by atoms with Gasteiger partial charge in [0.25, 0.3) is 0 Å². The minimum atomic E-state index is -0.324. The van der Waals surface area contributed by atoms with Crippen LogP contribution in [0.3, 0.4) is 0 Å². The smallest absolute Gasteiger partial charge is 0.324 e. The van der Waals surface area contributed by atoms with Crippen LogP contribution in [0.2, 0.25) is 0 Å². The van der Waals surface area contributed by atoms with Gasteiger partial charge in [0.2, 0.25) is 5.91 Å². The average molecular weight is 594 g/mol. The number of likely N-dealkylation sites (tertiary alicyclic amines) is 1. The molecule has 3 amide bonds. The number of nitrogens with one attached hydrogen (secondary N) is 2. The van der Waals surface area contributed by atoms with Crippen LogP contribution in [0.5, 0.6) is 5.75 Å². The van der Waals surface area contributed by atoms with E-state index >= 15 is 0 Å². The second kappa shape index (κ2) is 13.4. The molecule has 0 saturated carbocycles. The van der Waals surface area contributed by atoms with Gasteiger partial charge >= 0.3 is 6.03 Å². The fourth-order valence-corrected chi connectivity index (χ4v) is 5.69. The first-order valence-electron chi connectivity index (χ1n) is 15.3. The largest absolute Gasteiger partial charge is 0.497 e. The van der Waals surface area contributed by atoms with E-state index in [4.69, 9.17) is 4.74 Å². The SMILES string of the molecule is COc1cccc(CC(=O)N2CCC(Cc3ccc(NC(=O)Nc4ccnn4-c4cc(C(C)(C)C)ccc4C)cc3)CC2)c1. The van der Waals surface area contributed by atoms with Crippen molar-refractivity contribution >= 4 is 23.4 Å². The standard InChI is InChI=1S/C36H43N5O3/c1-25-9-12-29(36(2,3)4)24-32(25)41-33(15-18-37-41)39-35(43)38-30-13-10-26(11-14-30)21-27-16-19-40(20-17-27)34(42)23-28-7-6-8-31(22-28)44-5/h6-15,18,22,24,27H,16-17,19-21,23H2,1-5H3,(H2,38,39,43). The average Bonchev–Trinajstić information content (AvgIpc) is 3.45. The first-order chi connectivity index (χ1) is 21.1. The number of rotatable bonds is 8. The first kappa shape index (κ1) is 30.9. The predicted octanol–water partition coefficient (Wildman–Crippen LogP) is 7.15. The summed E-state index contributed by atoms with van der Waals surface area (Å²) in [5.41, 5.74) is 6.14. The van der Waals surface area contributed by atoms with Gasteiger partial charge in [0.1, 0.15) is 11.6 Å². The molecule has 1 fully saturated rings. The molecule has 0 aliphatic carbocycles. The van der Waals surface area contributed by atoms with Crippen LogP contribution in [-0.4, -0.2) is 46.8 Å². The lowest BCUT2D eigenvalue weighted by atomic mass is 9.86. The van der Waals surface area contributed by atoms with E-state index in [0.29, 0.717) is 18.2 Å². The van der Waals surface area contributed by atoms with E-state index < -0.39 is 0 Å². The molecule has 2 N–H and O–H groups in total. The van der Waals surface area contributed by atoms with Crippen LogP contribution < -0.4 is 15.4 Å². The molecule has 8 heteroatoms. The van der Waals surface area contributed by atoms with Gasteiger partial charge in [-0.25, -0.2) is 9.48 Å². The van der Waals surface area contributed by atoms with Crippen molar-refractivity contribution in [2.45, 2.75) is 58.8 Å². The third kappa shape index (κ3) is 7.67. The summed E-state index contributed by atoms with van der Waals surface area (Å²) in [7, 11) is 1.64. The molecule has 3 aromatic carbocycles. The maximum absolute atomic E-state index is 12.9. The highest BCUT2D eigenvalue weighted by molar-refractivity contribution is 5.99. The van der Waals surface area contributed by atoms with Crippen molar-refractivity contribution in [3.05, 3.63) is 101 Å². The molecule has 0 radical (unpaired) electrons. The lowest BCUT2D eigenvalue weighted by Crippen LogP contribution is -2.39. The fourth-order valence-electron chi connectivity index (χ4n) is 5.69. The van der Waals surface area contributed by atoms with E-state index in [0.717, 1.165) is 60.6 Å². The Balaban J connectivity index is 1.11. The molecule has 44 heavy (non-hydrogen) atoms. The van der Waals surface area contributed by atoms with Crippen molar-refractivity contribution in [3.8, 4) is 11.4 Å². The predicted molar refractivity (Wildman–Crippen MR) is 176 cm³/mol. The summed E-state index contributed by atoms with van der Waals surface area (Å²) in [5, 5.41) is 10.4. The van der Waals surface area contributed by atoms with Crippen LogP contribution in [-0.2, 0) is 23.1 Å². The molecular weight excluding hydrogens is 550 g/mol. The second-order valence-corrected chi connectivity index (χ2v) is 12.7. The number of hydrogen-bond donors (Lipinski definition) is 2. The summed E-state index contributed by atoms with van der Waals surface area (Å²) in [4.78, 5) is 27.7. The zero-order valence-corrected chi connectivity index (χ0v) is 26.4. The van der Waals surface area contributed by atoms with Gasteiger partial charge in [-0.15, -0.1) is 0 Å². The number of methoxy groups -OCH3 is 1. The molecule has 4 aromatic rings. The number of hydrogen-bond acceptors (Lipinski definition) is 4. The van der Waals surface area contributed by atoms with Gasteiger partial charge in [-0.2, -0.15) is 5.10 Å². The topological polar surface area (TPSA) is 88.5 Å². The Morgan fingerprint density at radius 1 is 0.932 bits per heavy atom. The molecule has 1 aliphatic heterocycles. The number of nitrogens with zero attached hydrogens (tertiary/aromatic N) is 3. The van der Waals surface area contributed by atoms with Gasteiger partial charge in [0.05, 0.1) is 25.4 Å². The summed E-state index contributed by atoms with van der Waals surface area (Å²) in [6.45, 7) is 10.1. The number of carbonyl (C=O) groups excluding carboxylic acids is 2. The summed E-state index contributed by atoms with van der Waals surface area (Å²) in [6, 6.07) is 23.6. The zero-order valence-electron chi connectivity index (χ0n) is 26.4. The van der Waals surface area contributed by atoms with Crippen molar-refractivity contribution in [1.29, 1.82) is 0 Å². The molecule has 1 aliphatic rings. The molecule has 230 valence electrons. The molecule has 0 atom stereocenters. The maximum atomic E-state index is 12.9. The lowest BCUT2D eigenvalue weighted by Gasteiger charge is -2.32. The highest BCUT2D eigenvalue weighted by atomic mass is 16.5. The van der Waals surface area contributed by atoms with Crippen LogP contribution in [0.25, 0.3) is 5.69 Å². The Morgan fingerprint density at radius 3 is 2.39 bits per heavy atom. The summed E-state index contributed by atoms with van der Waals surface area (Å²) in [5.74, 6) is 2.07. The molecule has 2 heterocycles. The minimum absolute atomic E-state index is 0.00111. The number of aryl methyl sites for hydroxylation is 1. The van der Waals surface area contributed by atoms with Crippen molar-refractivity contribution in [1.82, 2.24) is 14.7 Å². The van der Waals surface area contributed by atoms with Crippen molar-refractivity contribution < 1.29 is 14.3 Å². The molecule has 1 saturated heterocycles. The van der Waals surface area contributed by atoms with Crippen molar-refractivity contribution in [2.75, 3.05) is 30.8 Å². The highest BCUT2D eigenvalue weighted by Gasteiger charge is 2.23. The third-order valence-electron chi connectivity index (χ3n) is 8.38. The summed E-state index contributed by atoms with van der Waals surface area (Å²) < 4.78 is 7.05. The summed E-state index contributed by atoms with van der Waals surface area (Å²) >= 11 is 0. The van der Waals surface area contributed by atoms with Gasteiger partial charge in [-0.1, -0.05) is 57.2 Å². The fraction of sp³-hybridized carbons (Fsp3) is 0.361. The van der Waals surface area contributed by atoms with Crippen LogP contribution in [0, 0.1) is 12.8 Å². The quantitative estimate of drug-likeness (QED) is 0.227. The lowest BCUT2D eigenvalue weighted by molar-refractivity contribution is -0.131. The Kier molecular flexibility index (Phi) is 9.37. The number of anilines is 2. The van der Waals surface area contributed by atoms with Gasteiger partial charge in [0.15, 0.2) is 0 Å². The van der Waals surface area contributed by atoms with Crippen LogP contribution in [0.15, 0.2) is 79.0 Å². The number of ether oxygens (including phenoxy) is 1. The van der Waals surface area contributed by atoms with Crippen molar-refractivity contribution in [3.63, 3.8) is 0 Å². The van der Waals surface area contributed by atoms with E-state index in [1.54, 1.807) is 24.1 Å². The normalized spacial score (nSPS) is 13.9. The van der Waals surface area contributed by atoms with E-state index in [2.05, 4.69) is 66.8 Å². The van der Waals surface area contributed by atoms with Gasteiger partial charge in [0, 0.05) is 24.8 Å². The molecule has 0 bridgehead atoms. The molecule has 8 nitrogen and oxygen atoms in total. The Labute approximate surface area is 260 Å². The van der Waals surface area contributed by atoms with E-state index in [1.807, 2.05) is 48.2 Å². The van der Waals surface area contributed by atoms with Crippen molar-refractivity contribution in [2.24, 2.45) is 5.92 Å². The van der Waals surface area contributed by atoms with Gasteiger partial charge in [-0.05, 0) is 90.1 Å². The van der Waals surface area contributed by atoms with Gasteiger partial charge < -0.3 is 15.0 Å². The van der Waals surface area contributed by atoms with E-state index in [-0.39, 0.29) is 17.4 Å². The highest BCUT2D eigenvalue weighted by Crippen LogP contribution is 2.28. The second-order valence-electron chi connectivity index (χ2n) is 12.7. The van der Waals surface area contributed by atoms with Crippen LogP contribution in [0.1, 0.15) is 55.9 Å². The number of aromatic nitrogens is 2. The van der Waals surface area contributed by atoms with E-state index in [1.165, 1.54) is 11.1 Å². The number of urea groups is 1. The Hall–Kier alpha value is -4.59. The number of piperidine rings is 1. The Morgan fingerprint density at radius 2 is 1.68 bits per heavy atom. The van der Waals surface area contributed by atoms with Crippen LogP contribution in [0.4, 0.5) is 16.3 Å². The third-order valence-corrected chi connectivity index (χ3v) is 8.38. The van der Waals surface area contributed by atoms with Crippen LogP contribution >= 0.6 is 0 Å². The number of carbonyl (C=O) groups is 2. The first-order valence-corrected chi connectivity index (χ1v) is 15.3. The monoisotopic (exact) mass is 593 g/mol. The Bertz CT molecular complexity index is 1590. The molecule has 1 aromatic heterocycles. The molecule has 5 rings (SSSR count). The van der Waals surface area contributed by atoms with Gasteiger partial charge in [-0.3, -0.25) is 10.1 Å². The molecule has 0 unspecified atom stereocenters. The molecule has 0 spiro atoms. The maximum Gasteiger partial charge on any atom is 0.324 e. The summed E-state index contributed by atoms with van der Waals surface area (Å²) in [6.07, 6.45) is 5.01. The zero-order chi connectivity index (χ0) is 31.3. The van der Waals surface area contributed by atoms with E-state index in [9.17, 15) is 9.59 Å². The number of benzene rings is 3. The minimum Gasteiger partial charge on any atom is -0.497 e. The number of amides is 3.